The molecular formula is C30H31Br2N3O4. The first kappa shape index (κ1) is 27.7. The van der Waals surface area contributed by atoms with Gasteiger partial charge in [-0.3, -0.25) is 9.89 Å². The van der Waals surface area contributed by atoms with Crippen molar-refractivity contribution in [3.8, 4) is 11.5 Å². The van der Waals surface area contributed by atoms with E-state index in [1.54, 1.807) is 7.11 Å². The summed E-state index contributed by atoms with van der Waals surface area (Å²) in [5.74, 6) is 1.87. The van der Waals surface area contributed by atoms with Gasteiger partial charge in [-0.2, -0.15) is 0 Å². The number of morpholine rings is 1. The third kappa shape index (κ3) is 6.00. The lowest BCUT2D eigenvalue weighted by atomic mass is 9.94. The van der Waals surface area contributed by atoms with E-state index in [4.69, 9.17) is 19.2 Å². The number of carbonyl (C=O) groups is 1. The van der Waals surface area contributed by atoms with Gasteiger partial charge in [-0.15, -0.1) is 0 Å². The summed E-state index contributed by atoms with van der Waals surface area (Å²) in [6, 6.07) is 21.1. The number of benzene rings is 3. The predicted molar refractivity (Wildman–Crippen MR) is 159 cm³/mol. The lowest BCUT2D eigenvalue weighted by molar-refractivity contribution is 0.0459. The summed E-state index contributed by atoms with van der Waals surface area (Å²) < 4.78 is 19.2. The van der Waals surface area contributed by atoms with Gasteiger partial charge in [-0.1, -0.05) is 56.1 Å². The fraction of sp³-hybridized carbons (Fsp3) is 0.333. The second kappa shape index (κ2) is 12.1. The molecule has 39 heavy (non-hydrogen) atoms. The molecule has 3 aromatic rings. The highest BCUT2D eigenvalue weighted by atomic mass is 79.9. The molecule has 1 saturated heterocycles. The van der Waals surface area contributed by atoms with Crippen LogP contribution in [0, 0.1) is 0 Å². The molecule has 2 heterocycles. The average Bonchev–Trinajstić information content (AvgIpc) is 3.33. The molecule has 2 aliphatic heterocycles. The first-order valence-corrected chi connectivity index (χ1v) is 14.5. The van der Waals surface area contributed by atoms with Crippen LogP contribution in [0.4, 0.5) is 4.79 Å². The molecule has 0 radical (unpaired) electrons. The molecule has 0 aliphatic carbocycles. The Bertz CT molecular complexity index is 1340. The number of hydrogen-bond donors (Lipinski definition) is 0. The molecule has 0 spiro atoms. The summed E-state index contributed by atoms with van der Waals surface area (Å²) in [6.07, 6.45) is -0.0780. The summed E-state index contributed by atoms with van der Waals surface area (Å²) >= 11 is 7.11. The minimum Gasteiger partial charge on any atom is -0.497 e. The van der Waals surface area contributed by atoms with Crippen molar-refractivity contribution < 1.29 is 19.0 Å². The minimum absolute atomic E-state index is 0.0780. The molecule has 3 aromatic carbocycles. The molecule has 1 fully saturated rings. The van der Waals surface area contributed by atoms with Crippen molar-refractivity contribution in [1.82, 2.24) is 9.80 Å². The zero-order valence-corrected chi connectivity index (χ0v) is 25.3. The Morgan fingerprint density at radius 3 is 2.15 bits per heavy atom. The highest BCUT2D eigenvalue weighted by Gasteiger charge is 2.44. The number of carbonyl (C=O) groups excluding carboxylic acids is 1. The maximum atomic E-state index is 14.4. The van der Waals surface area contributed by atoms with Crippen molar-refractivity contribution in [2.24, 2.45) is 4.99 Å². The van der Waals surface area contributed by atoms with Gasteiger partial charge in [-0.25, -0.2) is 4.79 Å². The molecule has 5 rings (SSSR count). The maximum Gasteiger partial charge on any atom is 0.326 e. The number of methoxy groups -OCH3 is 1. The number of rotatable bonds is 6. The summed E-state index contributed by atoms with van der Waals surface area (Å²) in [4.78, 5) is 23.3. The van der Waals surface area contributed by atoms with Crippen LogP contribution in [0.1, 0.15) is 42.6 Å². The van der Waals surface area contributed by atoms with Crippen molar-refractivity contribution in [2.45, 2.75) is 32.0 Å². The van der Waals surface area contributed by atoms with Gasteiger partial charge in [0.15, 0.2) is 0 Å². The van der Waals surface area contributed by atoms with Crippen LogP contribution >= 0.6 is 31.9 Å². The van der Waals surface area contributed by atoms with Crippen molar-refractivity contribution in [3.63, 3.8) is 0 Å². The van der Waals surface area contributed by atoms with Crippen LogP contribution in [0.2, 0.25) is 0 Å². The number of aliphatic imine (C=N–C) groups is 1. The van der Waals surface area contributed by atoms with Crippen molar-refractivity contribution >= 4 is 43.7 Å². The second-order valence-corrected chi connectivity index (χ2v) is 11.6. The van der Waals surface area contributed by atoms with Crippen LogP contribution in [-0.2, 0) is 4.74 Å². The van der Waals surface area contributed by atoms with E-state index in [0.717, 1.165) is 25.6 Å². The number of amidine groups is 1. The Kier molecular flexibility index (Phi) is 8.59. The van der Waals surface area contributed by atoms with Crippen LogP contribution in [-0.4, -0.2) is 61.2 Å². The van der Waals surface area contributed by atoms with Crippen molar-refractivity contribution in [3.05, 3.63) is 92.4 Å². The number of nitrogens with zero attached hydrogens (tertiary/aromatic N) is 3. The van der Waals surface area contributed by atoms with E-state index in [1.807, 2.05) is 66.1 Å². The van der Waals surface area contributed by atoms with E-state index in [1.165, 1.54) is 0 Å². The zero-order valence-electron chi connectivity index (χ0n) is 22.1. The Morgan fingerprint density at radius 2 is 1.56 bits per heavy atom. The van der Waals surface area contributed by atoms with Crippen LogP contribution < -0.4 is 9.47 Å². The van der Waals surface area contributed by atoms with E-state index in [9.17, 15) is 4.79 Å². The average molecular weight is 657 g/mol. The second-order valence-electron chi connectivity index (χ2n) is 9.73. The van der Waals surface area contributed by atoms with Crippen LogP contribution in [0.25, 0.3) is 0 Å². The van der Waals surface area contributed by atoms with Gasteiger partial charge in [-0.05, 0) is 61.4 Å². The van der Waals surface area contributed by atoms with Gasteiger partial charge in [0.2, 0.25) is 0 Å². The number of urea groups is 1. The van der Waals surface area contributed by atoms with E-state index in [2.05, 4.69) is 56.1 Å². The lowest BCUT2D eigenvalue weighted by Gasteiger charge is -2.36. The summed E-state index contributed by atoms with van der Waals surface area (Å²) in [7, 11) is 1.63. The van der Waals surface area contributed by atoms with Crippen molar-refractivity contribution in [1.29, 1.82) is 0 Å². The molecular weight excluding hydrogens is 626 g/mol. The molecule has 2 amide bonds. The Labute approximate surface area is 246 Å². The maximum absolute atomic E-state index is 14.4. The Morgan fingerprint density at radius 1 is 0.949 bits per heavy atom. The molecule has 0 aromatic heterocycles. The predicted octanol–water partition coefficient (Wildman–Crippen LogP) is 7.00. The number of hydrogen-bond acceptors (Lipinski definition) is 5. The molecule has 204 valence electrons. The fourth-order valence-corrected chi connectivity index (χ4v) is 5.46. The third-order valence-corrected chi connectivity index (χ3v) is 7.83. The summed E-state index contributed by atoms with van der Waals surface area (Å²) in [5, 5.41) is 0. The van der Waals surface area contributed by atoms with E-state index >= 15 is 0 Å². The Hall–Kier alpha value is -2.88. The van der Waals surface area contributed by atoms with Gasteiger partial charge >= 0.3 is 6.03 Å². The molecule has 7 nitrogen and oxygen atoms in total. The molecule has 0 saturated carbocycles. The molecule has 2 aliphatic rings. The SMILES string of the molecule is COc1ccc(C2=NC(c3ccc(Br)cc3)C(c3ccc(Br)cc3)N2C(=O)N2CCOCC2)c(OC(C)C)c1. The molecule has 0 bridgehead atoms. The van der Waals surface area contributed by atoms with Gasteiger partial charge in [0.25, 0.3) is 0 Å². The quantitative estimate of drug-likeness (QED) is 0.287. The normalized spacial score (nSPS) is 19.3. The van der Waals surface area contributed by atoms with Crippen LogP contribution in [0.15, 0.2) is 80.7 Å². The third-order valence-electron chi connectivity index (χ3n) is 6.77. The first-order valence-electron chi connectivity index (χ1n) is 13.0. The smallest absolute Gasteiger partial charge is 0.326 e. The Balaban J connectivity index is 1.70. The van der Waals surface area contributed by atoms with Crippen molar-refractivity contribution in [2.75, 3.05) is 33.4 Å². The highest BCUT2D eigenvalue weighted by Crippen LogP contribution is 2.46. The minimum atomic E-state index is -0.362. The topological polar surface area (TPSA) is 63.6 Å². The fourth-order valence-electron chi connectivity index (χ4n) is 4.93. The molecule has 2 unspecified atom stereocenters. The lowest BCUT2D eigenvalue weighted by Crippen LogP contribution is -2.50. The van der Waals surface area contributed by atoms with Gasteiger partial charge in [0.05, 0.1) is 38.0 Å². The van der Waals surface area contributed by atoms with E-state index < -0.39 is 0 Å². The van der Waals surface area contributed by atoms with Crippen LogP contribution in [0.3, 0.4) is 0 Å². The zero-order chi connectivity index (χ0) is 27.5. The largest absolute Gasteiger partial charge is 0.497 e. The summed E-state index contributed by atoms with van der Waals surface area (Å²) in [6.45, 7) is 6.02. The van der Waals surface area contributed by atoms with E-state index in [0.29, 0.717) is 43.6 Å². The van der Waals surface area contributed by atoms with Crippen LogP contribution in [0.5, 0.6) is 11.5 Å². The van der Waals surface area contributed by atoms with Gasteiger partial charge in [0, 0.05) is 28.1 Å². The highest BCUT2D eigenvalue weighted by molar-refractivity contribution is 9.10. The summed E-state index contributed by atoms with van der Waals surface area (Å²) in [5.41, 5.74) is 2.75. The molecule has 2 atom stereocenters. The van der Waals surface area contributed by atoms with E-state index in [-0.39, 0.29) is 24.2 Å². The number of ether oxygens (including phenoxy) is 3. The monoisotopic (exact) mass is 655 g/mol. The molecule has 0 N–H and O–H groups in total. The van der Waals surface area contributed by atoms with Gasteiger partial charge in [0.1, 0.15) is 23.4 Å². The first-order chi connectivity index (χ1) is 18.9. The molecule has 9 heteroatoms. The number of halogens is 2. The standard InChI is InChI=1S/C30H31Br2N3O4/c1-19(2)39-26-18-24(37-3)12-13-25(26)29-33-27(20-4-8-22(31)9-5-20)28(21-6-10-23(32)11-7-21)35(29)30(36)34-14-16-38-17-15-34/h4-13,18-19,27-28H,14-17H2,1-3H3. The number of amides is 2. The van der Waals surface area contributed by atoms with Gasteiger partial charge < -0.3 is 19.1 Å².